The van der Waals surface area contributed by atoms with E-state index in [1.807, 2.05) is 0 Å². The van der Waals surface area contributed by atoms with Gasteiger partial charge in [0, 0.05) is 13.3 Å². The van der Waals surface area contributed by atoms with Gasteiger partial charge in [-0.25, -0.2) is 4.58 Å². The highest BCUT2D eigenvalue weighted by molar-refractivity contribution is 5.46. The van der Waals surface area contributed by atoms with Gasteiger partial charge in [0.1, 0.15) is 19.3 Å². The highest BCUT2D eigenvalue weighted by Crippen LogP contribution is 1.93. The molecule has 0 aliphatic carbocycles. The molecule has 1 nitrogen and oxygen atoms in total. The Kier molecular flexibility index (Phi) is 6.56. The highest BCUT2D eigenvalue weighted by atomic mass is 15.0. The molecule has 1 heteroatoms. The molecular weight excluding hydrogens is 122 g/mol. The van der Waals surface area contributed by atoms with E-state index in [1.165, 1.54) is 25.8 Å². The fraction of sp³-hybridized carbons (Fsp3) is 0.889. The van der Waals surface area contributed by atoms with E-state index in [9.17, 15) is 0 Å². The van der Waals surface area contributed by atoms with E-state index < -0.39 is 0 Å². The Morgan fingerprint density at radius 1 is 1.20 bits per heavy atom. The van der Waals surface area contributed by atoms with E-state index in [1.54, 1.807) is 0 Å². The van der Waals surface area contributed by atoms with Crippen molar-refractivity contribution in [2.24, 2.45) is 0 Å². The normalized spacial score (nSPS) is 12.1. The Bertz CT molecular complexity index is 94.9. The van der Waals surface area contributed by atoms with Crippen LogP contribution in [0.5, 0.6) is 0 Å². The van der Waals surface area contributed by atoms with Gasteiger partial charge in [-0.15, -0.1) is 0 Å². The van der Waals surface area contributed by atoms with E-state index in [0.717, 1.165) is 6.54 Å². The first-order chi connectivity index (χ1) is 4.85. The average Bonchev–Trinajstić information content (AvgIpc) is 1.99. The largest absolute Gasteiger partial charge is 0.240 e. The number of rotatable bonds is 5. The smallest absolute Gasteiger partial charge is 0.142 e. The fourth-order valence-corrected chi connectivity index (χ4v) is 1.03. The predicted octanol–water partition coefficient (Wildman–Crippen LogP) is 2.30. The van der Waals surface area contributed by atoms with Crippen LogP contribution in [0.15, 0.2) is 0 Å². The molecule has 0 fully saturated rings. The molecule has 0 rings (SSSR count). The molecule has 0 saturated heterocycles. The van der Waals surface area contributed by atoms with Gasteiger partial charge in [0.15, 0.2) is 0 Å². The minimum Gasteiger partial charge on any atom is -0.240 e. The SMILES string of the molecule is CC=[N+](CC)CCCCC. The van der Waals surface area contributed by atoms with Crippen LogP contribution in [0.1, 0.15) is 40.0 Å². The van der Waals surface area contributed by atoms with Gasteiger partial charge >= 0.3 is 0 Å². The lowest BCUT2D eigenvalue weighted by Crippen LogP contribution is -2.12. The highest BCUT2D eigenvalue weighted by Gasteiger charge is 1.95. The molecule has 0 N–H and O–H groups in total. The Hall–Kier alpha value is -0.330. The van der Waals surface area contributed by atoms with Crippen molar-refractivity contribution >= 4 is 6.21 Å². The monoisotopic (exact) mass is 142 g/mol. The number of hydrogen-bond donors (Lipinski definition) is 0. The lowest BCUT2D eigenvalue weighted by molar-refractivity contribution is -0.520. The summed E-state index contributed by atoms with van der Waals surface area (Å²) in [6, 6.07) is 0. The molecule has 0 unspecified atom stereocenters. The van der Waals surface area contributed by atoms with Crippen molar-refractivity contribution in [2.75, 3.05) is 13.1 Å². The van der Waals surface area contributed by atoms with E-state index in [4.69, 9.17) is 0 Å². The molecule has 0 aromatic carbocycles. The maximum atomic E-state index is 2.36. The van der Waals surface area contributed by atoms with Gasteiger partial charge in [0.25, 0.3) is 0 Å². The van der Waals surface area contributed by atoms with Crippen LogP contribution in [-0.2, 0) is 0 Å². The molecule has 0 aromatic heterocycles. The second-order valence-electron chi connectivity index (χ2n) is 2.59. The van der Waals surface area contributed by atoms with Crippen LogP contribution in [0, 0.1) is 0 Å². The third-order valence-corrected chi connectivity index (χ3v) is 1.82. The van der Waals surface area contributed by atoms with Gasteiger partial charge < -0.3 is 0 Å². The quantitative estimate of drug-likeness (QED) is 0.315. The lowest BCUT2D eigenvalue weighted by Gasteiger charge is -1.97. The lowest BCUT2D eigenvalue weighted by atomic mass is 10.2. The summed E-state index contributed by atoms with van der Waals surface area (Å²) in [6.07, 6.45) is 6.20. The molecule has 0 radical (unpaired) electrons. The summed E-state index contributed by atoms with van der Waals surface area (Å²) >= 11 is 0. The van der Waals surface area contributed by atoms with Crippen molar-refractivity contribution in [3.05, 3.63) is 0 Å². The molecule has 0 heterocycles. The Balaban J connectivity index is 3.27. The number of nitrogens with zero attached hydrogens (tertiary/aromatic N) is 1. The molecule has 0 aliphatic rings. The first-order valence-corrected chi connectivity index (χ1v) is 4.38. The van der Waals surface area contributed by atoms with Crippen LogP contribution in [0.2, 0.25) is 0 Å². The molecule has 0 aromatic rings. The summed E-state index contributed by atoms with van der Waals surface area (Å²) in [7, 11) is 0. The average molecular weight is 142 g/mol. The first-order valence-electron chi connectivity index (χ1n) is 4.38. The second-order valence-corrected chi connectivity index (χ2v) is 2.59. The van der Waals surface area contributed by atoms with Crippen molar-refractivity contribution in [2.45, 2.75) is 40.0 Å². The third-order valence-electron chi connectivity index (χ3n) is 1.82. The van der Waals surface area contributed by atoms with E-state index in [2.05, 4.69) is 31.6 Å². The van der Waals surface area contributed by atoms with Crippen molar-refractivity contribution in [1.29, 1.82) is 0 Å². The van der Waals surface area contributed by atoms with Crippen LogP contribution in [0.25, 0.3) is 0 Å². The maximum Gasteiger partial charge on any atom is 0.142 e. The van der Waals surface area contributed by atoms with Gasteiger partial charge in [-0.1, -0.05) is 13.3 Å². The zero-order valence-electron chi connectivity index (χ0n) is 7.56. The summed E-state index contributed by atoms with van der Waals surface area (Å²) < 4.78 is 2.36. The third kappa shape index (κ3) is 4.54. The molecule has 0 amide bonds. The minimum absolute atomic E-state index is 1.15. The molecule has 0 bridgehead atoms. The zero-order chi connectivity index (χ0) is 7.82. The molecule has 10 heavy (non-hydrogen) atoms. The van der Waals surface area contributed by atoms with Gasteiger partial charge in [-0.2, -0.15) is 0 Å². The van der Waals surface area contributed by atoms with Crippen LogP contribution in [0.3, 0.4) is 0 Å². The first kappa shape index (κ1) is 9.67. The van der Waals surface area contributed by atoms with Crippen LogP contribution in [-0.4, -0.2) is 23.9 Å². The van der Waals surface area contributed by atoms with Crippen molar-refractivity contribution in [1.82, 2.24) is 0 Å². The molecule has 0 atom stereocenters. The van der Waals surface area contributed by atoms with Crippen LogP contribution >= 0.6 is 0 Å². The summed E-state index contributed by atoms with van der Waals surface area (Å²) in [5, 5.41) is 0. The van der Waals surface area contributed by atoms with E-state index >= 15 is 0 Å². The summed E-state index contributed by atoms with van der Waals surface area (Å²) in [4.78, 5) is 0. The number of unbranched alkanes of at least 4 members (excludes halogenated alkanes) is 2. The topological polar surface area (TPSA) is 3.01 Å². The van der Waals surface area contributed by atoms with E-state index in [0.29, 0.717) is 0 Å². The maximum absolute atomic E-state index is 2.36. The Labute approximate surface area is 64.8 Å². The zero-order valence-corrected chi connectivity index (χ0v) is 7.56. The van der Waals surface area contributed by atoms with Gasteiger partial charge in [-0.3, -0.25) is 0 Å². The molecule has 0 saturated carbocycles. The van der Waals surface area contributed by atoms with E-state index in [-0.39, 0.29) is 0 Å². The molecular formula is C9H20N+. The van der Waals surface area contributed by atoms with Gasteiger partial charge in [0.05, 0.1) is 0 Å². The fourth-order valence-electron chi connectivity index (χ4n) is 1.03. The summed E-state index contributed by atoms with van der Waals surface area (Å²) in [5.41, 5.74) is 0. The van der Waals surface area contributed by atoms with Crippen LogP contribution in [0.4, 0.5) is 0 Å². The number of hydrogen-bond acceptors (Lipinski definition) is 0. The standard InChI is InChI=1S/C9H20N/c1-4-7-8-9-10(5-2)6-3/h5H,4,6-9H2,1-3H3/q+1. The molecule has 60 valence electrons. The Morgan fingerprint density at radius 2 is 1.90 bits per heavy atom. The molecule has 0 spiro atoms. The molecule has 0 aliphatic heterocycles. The Morgan fingerprint density at radius 3 is 2.30 bits per heavy atom. The van der Waals surface area contributed by atoms with Crippen LogP contribution < -0.4 is 0 Å². The van der Waals surface area contributed by atoms with Gasteiger partial charge in [0.2, 0.25) is 0 Å². The summed E-state index contributed by atoms with van der Waals surface area (Å²) in [6.45, 7) is 8.94. The second kappa shape index (κ2) is 6.79. The van der Waals surface area contributed by atoms with Gasteiger partial charge in [-0.05, 0) is 13.3 Å². The predicted molar refractivity (Wildman–Crippen MR) is 46.9 cm³/mol. The van der Waals surface area contributed by atoms with Crippen molar-refractivity contribution in [3.63, 3.8) is 0 Å². The summed E-state index contributed by atoms with van der Waals surface area (Å²) in [5.74, 6) is 0. The van der Waals surface area contributed by atoms with Crippen molar-refractivity contribution < 1.29 is 4.58 Å². The van der Waals surface area contributed by atoms with Crippen molar-refractivity contribution in [3.8, 4) is 0 Å². The minimum atomic E-state index is 1.15.